The lowest BCUT2D eigenvalue weighted by Gasteiger charge is -2.01. The van der Waals surface area contributed by atoms with Crippen LogP contribution in [0.1, 0.15) is 11.3 Å². The average Bonchev–Trinajstić information content (AvgIpc) is 2.17. The molecule has 0 bridgehead atoms. The van der Waals surface area contributed by atoms with Gasteiger partial charge in [0.1, 0.15) is 0 Å². The fourth-order valence-electron chi connectivity index (χ4n) is 1.50. The first-order chi connectivity index (χ1) is 6.33. The van der Waals surface area contributed by atoms with Crippen LogP contribution in [0.2, 0.25) is 0 Å². The number of nitrogens with zero attached hydrogens (tertiary/aromatic N) is 2. The van der Waals surface area contributed by atoms with Crippen LogP contribution in [0.5, 0.6) is 0 Å². The summed E-state index contributed by atoms with van der Waals surface area (Å²) in [5.74, 6) is 0. The fraction of sp³-hybridized carbons (Fsp3) is 0.0909. The predicted molar refractivity (Wildman–Crippen MR) is 51.2 cm³/mol. The van der Waals surface area contributed by atoms with Gasteiger partial charge in [-0.2, -0.15) is 5.26 Å². The number of nitriles is 1. The summed E-state index contributed by atoms with van der Waals surface area (Å²) in [5.41, 5.74) is 1.61. The lowest BCUT2D eigenvalue weighted by molar-refractivity contribution is 1.23. The van der Waals surface area contributed by atoms with Gasteiger partial charge < -0.3 is 0 Å². The molecule has 0 atom stereocenters. The molecule has 62 valence electrons. The summed E-state index contributed by atoms with van der Waals surface area (Å²) in [6.45, 7) is 1.92. The van der Waals surface area contributed by atoms with Crippen molar-refractivity contribution in [3.8, 4) is 6.07 Å². The highest BCUT2D eigenvalue weighted by atomic mass is 14.7. The van der Waals surface area contributed by atoms with E-state index in [9.17, 15) is 0 Å². The van der Waals surface area contributed by atoms with E-state index in [1.54, 1.807) is 6.20 Å². The van der Waals surface area contributed by atoms with E-state index in [1.165, 1.54) is 0 Å². The molecule has 2 aromatic rings. The second-order valence-corrected chi connectivity index (χ2v) is 2.91. The van der Waals surface area contributed by atoms with Crippen molar-refractivity contribution in [2.24, 2.45) is 0 Å². The lowest BCUT2D eigenvalue weighted by Crippen LogP contribution is -1.86. The first-order valence-electron chi connectivity index (χ1n) is 4.07. The fourth-order valence-corrected chi connectivity index (χ4v) is 1.50. The molecular formula is C11H8N2. The molecule has 0 saturated carbocycles. The SMILES string of the molecule is Cc1nccc2cccc(C#N)c12. The predicted octanol–water partition coefficient (Wildman–Crippen LogP) is 2.41. The van der Waals surface area contributed by atoms with Crippen molar-refractivity contribution >= 4 is 10.8 Å². The Labute approximate surface area is 76.5 Å². The molecule has 0 spiro atoms. The maximum Gasteiger partial charge on any atom is 0.0998 e. The molecule has 1 aromatic carbocycles. The van der Waals surface area contributed by atoms with Crippen LogP contribution in [0.15, 0.2) is 30.5 Å². The Bertz CT molecular complexity index is 490. The second-order valence-electron chi connectivity index (χ2n) is 2.91. The van der Waals surface area contributed by atoms with E-state index < -0.39 is 0 Å². The summed E-state index contributed by atoms with van der Waals surface area (Å²) < 4.78 is 0. The summed E-state index contributed by atoms with van der Waals surface area (Å²) in [7, 11) is 0. The number of pyridine rings is 1. The number of fused-ring (bicyclic) bond motifs is 1. The van der Waals surface area contributed by atoms with Gasteiger partial charge in [0.2, 0.25) is 0 Å². The Balaban J connectivity index is 2.97. The molecule has 0 aliphatic rings. The van der Waals surface area contributed by atoms with Crippen molar-refractivity contribution in [2.45, 2.75) is 6.92 Å². The molecule has 1 heterocycles. The first-order valence-corrected chi connectivity index (χ1v) is 4.07. The molecule has 2 rings (SSSR count). The summed E-state index contributed by atoms with van der Waals surface area (Å²) >= 11 is 0. The van der Waals surface area contributed by atoms with Gasteiger partial charge in [0, 0.05) is 17.3 Å². The van der Waals surface area contributed by atoms with Crippen LogP contribution in [0.25, 0.3) is 10.8 Å². The van der Waals surface area contributed by atoms with Crippen LogP contribution in [0.4, 0.5) is 0 Å². The number of hydrogen-bond acceptors (Lipinski definition) is 2. The molecule has 13 heavy (non-hydrogen) atoms. The molecule has 0 saturated heterocycles. The van der Waals surface area contributed by atoms with Gasteiger partial charge in [0.25, 0.3) is 0 Å². The first kappa shape index (κ1) is 7.75. The molecule has 0 aliphatic carbocycles. The van der Waals surface area contributed by atoms with Crippen LogP contribution in [-0.4, -0.2) is 4.98 Å². The molecule has 0 fully saturated rings. The third kappa shape index (κ3) is 1.15. The molecule has 1 aromatic heterocycles. The number of aryl methyl sites for hydroxylation is 1. The van der Waals surface area contributed by atoms with E-state index in [4.69, 9.17) is 5.26 Å². The molecule has 2 heteroatoms. The van der Waals surface area contributed by atoms with E-state index in [0.29, 0.717) is 5.56 Å². The largest absolute Gasteiger partial charge is 0.261 e. The van der Waals surface area contributed by atoms with Gasteiger partial charge in [-0.3, -0.25) is 4.98 Å². The van der Waals surface area contributed by atoms with Gasteiger partial charge in [-0.15, -0.1) is 0 Å². The standard InChI is InChI=1S/C11H8N2/c1-8-11-9(5-6-13-8)3-2-4-10(11)7-12/h2-6H,1H3. The molecule has 0 unspecified atom stereocenters. The van der Waals surface area contributed by atoms with Gasteiger partial charge in [-0.1, -0.05) is 12.1 Å². The lowest BCUT2D eigenvalue weighted by atomic mass is 10.1. The van der Waals surface area contributed by atoms with E-state index >= 15 is 0 Å². The normalized spacial score (nSPS) is 9.85. The van der Waals surface area contributed by atoms with E-state index in [-0.39, 0.29) is 0 Å². The van der Waals surface area contributed by atoms with E-state index in [0.717, 1.165) is 16.5 Å². The average molecular weight is 168 g/mol. The zero-order valence-corrected chi connectivity index (χ0v) is 7.28. The van der Waals surface area contributed by atoms with Crippen LogP contribution in [-0.2, 0) is 0 Å². The highest BCUT2D eigenvalue weighted by Gasteiger charge is 2.02. The maximum atomic E-state index is 8.88. The summed E-state index contributed by atoms with van der Waals surface area (Å²) in [5, 5.41) is 10.9. The number of rotatable bonds is 0. The minimum absolute atomic E-state index is 0.697. The monoisotopic (exact) mass is 168 g/mol. The minimum Gasteiger partial charge on any atom is -0.261 e. The van der Waals surface area contributed by atoms with Gasteiger partial charge in [-0.25, -0.2) is 0 Å². The number of benzene rings is 1. The molecular weight excluding hydrogens is 160 g/mol. The Morgan fingerprint density at radius 1 is 1.31 bits per heavy atom. The van der Waals surface area contributed by atoms with Crippen molar-refractivity contribution in [3.05, 3.63) is 41.7 Å². The maximum absolute atomic E-state index is 8.88. The van der Waals surface area contributed by atoms with E-state index in [2.05, 4.69) is 11.1 Å². The Hall–Kier alpha value is -1.88. The van der Waals surface area contributed by atoms with Gasteiger partial charge in [0.05, 0.1) is 11.6 Å². The summed E-state index contributed by atoms with van der Waals surface area (Å²) in [4.78, 5) is 4.16. The number of aromatic nitrogens is 1. The smallest absolute Gasteiger partial charge is 0.0998 e. The second kappa shape index (κ2) is 2.87. The third-order valence-corrected chi connectivity index (χ3v) is 2.10. The van der Waals surface area contributed by atoms with Crippen molar-refractivity contribution in [1.82, 2.24) is 4.98 Å². The third-order valence-electron chi connectivity index (χ3n) is 2.10. The molecule has 0 N–H and O–H groups in total. The van der Waals surface area contributed by atoms with Crippen molar-refractivity contribution in [2.75, 3.05) is 0 Å². The van der Waals surface area contributed by atoms with Crippen LogP contribution < -0.4 is 0 Å². The van der Waals surface area contributed by atoms with Crippen molar-refractivity contribution in [3.63, 3.8) is 0 Å². The molecule has 0 amide bonds. The van der Waals surface area contributed by atoms with Gasteiger partial charge >= 0.3 is 0 Å². The quantitative estimate of drug-likeness (QED) is 0.605. The zero-order chi connectivity index (χ0) is 9.26. The van der Waals surface area contributed by atoms with E-state index in [1.807, 2.05) is 31.2 Å². The van der Waals surface area contributed by atoms with Crippen molar-refractivity contribution in [1.29, 1.82) is 5.26 Å². The summed E-state index contributed by atoms with van der Waals surface area (Å²) in [6, 6.07) is 9.79. The van der Waals surface area contributed by atoms with Gasteiger partial charge in [-0.05, 0) is 24.4 Å². The Morgan fingerprint density at radius 2 is 2.15 bits per heavy atom. The Kier molecular flexibility index (Phi) is 1.71. The van der Waals surface area contributed by atoms with Crippen LogP contribution in [0.3, 0.4) is 0 Å². The molecule has 0 radical (unpaired) electrons. The highest BCUT2D eigenvalue weighted by molar-refractivity contribution is 5.89. The highest BCUT2D eigenvalue weighted by Crippen LogP contribution is 2.19. The molecule has 0 aliphatic heterocycles. The van der Waals surface area contributed by atoms with Crippen molar-refractivity contribution < 1.29 is 0 Å². The Morgan fingerprint density at radius 3 is 2.92 bits per heavy atom. The van der Waals surface area contributed by atoms with Gasteiger partial charge in [0.15, 0.2) is 0 Å². The molecule has 2 nitrogen and oxygen atoms in total. The minimum atomic E-state index is 0.697. The topological polar surface area (TPSA) is 36.7 Å². The summed E-state index contributed by atoms with van der Waals surface area (Å²) in [6.07, 6.45) is 1.76. The number of hydrogen-bond donors (Lipinski definition) is 0. The zero-order valence-electron chi connectivity index (χ0n) is 7.28. The van der Waals surface area contributed by atoms with Crippen LogP contribution >= 0.6 is 0 Å². The van der Waals surface area contributed by atoms with Crippen LogP contribution in [0, 0.1) is 18.3 Å².